The van der Waals surface area contributed by atoms with Crippen LogP contribution in [-0.2, 0) is 36.6 Å². The predicted molar refractivity (Wildman–Crippen MR) is 226 cm³/mol. The Balaban J connectivity index is 0.909. The first-order chi connectivity index (χ1) is 29.6. The number of amides is 4. The average Bonchev–Trinajstić information content (AvgIpc) is 4.15. The summed E-state index contributed by atoms with van der Waals surface area (Å²) in [7, 11) is 2.63. The zero-order valence-electron chi connectivity index (χ0n) is 35.4. The van der Waals surface area contributed by atoms with Crippen LogP contribution in [0.25, 0.3) is 33.6 Å². The standard InChI is InChI=1S/C46H56N8O7/c1-25(2)38(51-45(57)59-3)43(55)53-17-5-6-37(53)41-47-23-35(49-41)29-10-13-33-27(20-29)7-8-28-21-30(11-14-34(28)33)36-24-48-42(50-36)40-31-9-12-32(22-31)54(40)44(56)39(52-46(58)60-4)26-15-18-61-19-16-26/h10-11,13-14,20-21,23-26,31-32,37-40H,5-9,12,15-19,22H2,1-4H3,(H,47,49)(H,48,50)(H,51,57)(H,52,58)/t31-,32+,37-,38-,39-,40?/m0/s1. The van der Waals surface area contributed by atoms with Crippen LogP contribution < -0.4 is 10.6 Å². The molecule has 2 aliphatic carbocycles. The van der Waals surface area contributed by atoms with E-state index < -0.39 is 24.3 Å². The summed E-state index contributed by atoms with van der Waals surface area (Å²) in [6.45, 7) is 5.56. The maximum Gasteiger partial charge on any atom is 0.407 e. The summed E-state index contributed by atoms with van der Waals surface area (Å²) in [5.74, 6) is 1.53. The first kappa shape index (κ1) is 40.7. The summed E-state index contributed by atoms with van der Waals surface area (Å²) < 4.78 is 15.3. The molecule has 5 heterocycles. The minimum absolute atomic E-state index is 0.0210. The molecule has 4 fully saturated rings. The Kier molecular flexibility index (Phi) is 11.3. The normalized spacial score (nSPS) is 23.0. The Morgan fingerprint density at radius 1 is 0.787 bits per heavy atom. The molecule has 1 unspecified atom stereocenters. The monoisotopic (exact) mass is 832 g/mol. The van der Waals surface area contributed by atoms with Crippen LogP contribution in [0.3, 0.4) is 0 Å². The number of carbonyl (C=O) groups is 4. The Bertz CT molecular complexity index is 2300. The van der Waals surface area contributed by atoms with E-state index in [0.717, 1.165) is 79.1 Å². The van der Waals surface area contributed by atoms with Gasteiger partial charge in [0, 0.05) is 25.8 Å². The van der Waals surface area contributed by atoms with Crippen LogP contribution >= 0.6 is 0 Å². The van der Waals surface area contributed by atoms with E-state index in [1.54, 1.807) is 0 Å². The van der Waals surface area contributed by atoms with Gasteiger partial charge in [0.05, 0.1) is 50.1 Å². The van der Waals surface area contributed by atoms with Gasteiger partial charge in [-0.2, -0.15) is 0 Å². The number of benzene rings is 2. The van der Waals surface area contributed by atoms with Crippen molar-refractivity contribution in [3.8, 4) is 33.6 Å². The topological polar surface area (TPSA) is 184 Å². The number of carbonyl (C=O) groups excluding carboxylic acids is 4. The maximum atomic E-state index is 14.4. The molecule has 0 spiro atoms. The minimum atomic E-state index is -0.686. The van der Waals surface area contributed by atoms with Gasteiger partial charge in [-0.1, -0.05) is 38.1 Å². The summed E-state index contributed by atoms with van der Waals surface area (Å²) in [6, 6.07) is 11.5. The molecule has 3 saturated heterocycles. The highest BCUT2D eigenvalue weighted by atomic mass is 16.5. The van der Waals surface area contributed by atoms with Crippen molar-refractivity contribution in [2.75, 3.05) is 34.0 Å². The van der Waals surface area contributed by atoms with Gasteiger partial charge < -0.3 is 44.6 Å². The molecule has 61 heavy (non-hydrogen) atoms. The van der Waals surface area contributed by atoms with Crippen LogP contribution in [-0.4, -0.2) is 106 Å². The smallest absolute Gasteiger partial charge is 0.407 e. The summed E-state index contributed by atoms with van der Waals surface area (Å²) in [4.78, 5) is 73.2. The number of likely N-dealkylation sites (tertiary alicyclic amines) is 2. The maximum absolute atomic E-state index is 14.4. The molecule has 6 atom stereocenters. The number of H-pyrrole nitrogens is 2. The fourth-order valence-electron chi connectivity index (χ4n) is 10.6. The SMILES string of the molecule is COC(=O)N[C@H](C(=O)N1CCC[C@H]1c1ncc(-c2ccc3c(c2)CCc2cc(-c4cnc(C5[C@H]6CC[C@H](C6)N5C(=O)[C@@H](NC(=O)OC)C5CCOCC5)[nH]4)ccc2-3)[nH]1)C(C)C. The number of piperidine rings is 1. The molecular weight excluding hydrogens is 777 g/mol. The molecule has 15 heteroatoms. The third kappa shape index (κ3) is 7.77. The number of hydrogen-bond donors (Lipinski definition) is 4. The number of alkyl carbamates (subject to hydrolysis) is 2. The van der Waals surface area contributed by atoms with E-state index in [2.05, 4.69) is 57.0 Å². The molecule has 0 radical (unpaired) electrons. The van der Waals surface area contributed by atoms with Crippen LogP contribution in [0.1, 0.15) is 93.7 Å². The van der Waals surface area contributed by atoms with Gasteiger partial charge in [-0.3, -0.25) is 9.59 Å². The van der Waals surface area contributed by atoms with Crippen LogP contribution in [0.5, 0.6) is 0 Å². The zero-order chi connectivity index (χ0) is 42.4. The van der Waals surface area contributed by atoms with Crippen molar-refractivity contribution in [2.45, 2.75) is 102 Å². The van der Waals surface area contributed by atoms with Gasteiger partial charge in [0.25, 0.3) is 0 Å². The number of hydrogen-bond acceptors (Lipinski definition) is 9. The van der Waals surface area contributed by atoms with Crippen molar-refractivity contribution >= 4 is 24.0 Å². The number of nitrogens with zero attached hydrogens (tertiary/aromatic N) is 4. The van der Waals surface area contributed by atoms with Crippen molar-refractivity contribution in [2.24, 2.45) is 17.8 Å². The summed E-state index contributed by atoms with van der Waals surface area (Å²) in [5.41, 5.74) is 8.87. The van der Waals surface area contributed by atoms with Gasteiger partial charge in [0.1, 0.15) is 23.7 Å². The average molecular weight is 833 g/mol. The highest BCUT2D eigenvalue weighted by Gasteiger charge is 2.52. The molecule has 4 aromatic rings. The first-order valence-electron chi connectivity index (χ1n) is 21.9. The second-order valence-electron chi connectivity index (χ2n) is 17.6. The molecule has 3 aliphatic heterocycles. The fraction of sp³-hybridized carbons (Fsp3) is 0.522. The lowest BCUT2D eigenvalue weighted by Crippen LogP contribution is -2.55. The minimum Gasteiger partial charge on any atom is -0.453 e. The predicted octanol–water partition coefficient (Wildman–Crippen LogP) is 6.48. The van der Waals surface area contributed by atoms with Gasteiger partial charge in [0.2, 0.25) is 11.8 Å². The molecule has 9 rings (SSSR count). The zero-order valence-corrected chi connectivity index (χ0v) is 35.4. The molecule has 322 valence electrons. The molecule has 4 amide bonds. The highest BCUT2D eigenvalue weighted by Crippen LogP contribution is 2.50. The Morgan fingerprint density at radius 3 is 2.05 bits per heavy atom. The van der Waals surface area contributed by atoms with Crippen molar-refractivity contribution in [3.05, 3.63) is 71.6 Å². The number of methoxy groups -OCH3 is 2. The number of aromatic amines is 2. The Morgan fingerprint density at radius 2 is 1.41 bits per heavy atom. The van der Waals surface area contributed by atoms with Crippen LogP contribution in [0, 0.1) is 17.8 Å². The molecule has 2 aromatic heterocycles. The van der Waals surface area contributed by atoms with E-state index in [0.29, 0.717) is 38.5 Å². The van der Waals surface area contributed by atoms with Crippen molar-refractivity contribution < 1.29 is 33.4 Å². The van der Waals surface area contributed by atoms with E-state index in [9.17, 15) is 19.2 Å². The quantitative estimate of drug-likeness (QED) is 0.139. The molecular formula is C46H56N8O7. The van der Waals surface area contributed by atoms with Crippen LogP contribution in [0.15, 0.2) is 48.8 Å². The van der Waals surface area contributed by atoms with Gasteiger partial charge >= 0.3 is 12.2 Å². The lowest BCUT2D eigenvalue weighted by molar-refractivity contribution is -0.140. The first-order valence-corrected chi connectivity index (χ1v) is 21.9. The van der Waals surface area contributed by atoms with Gasteiger partial charge in [0.15, 0.2) is 0 Å². The Labute approximate surface area is 355 Å². The Hall–Kier alpha value is -5.70. The van der Waals surface area contributed by atoms with Crippen molar-refractivity contribution in [3.63, 3.8) is 0 Å². The van der Waals surface area contributed by atoms with E-state index in [4.69, 9.17) is 24.2 Å². The van der Waals surface area contributed by atoms with Gasteiger partial charge in [-0.25, -0.2) is 19.6 Å². The van der Waals surface area contributed by atoms with E-state index in [-0.39, 0.29) is 41.8 Å². The van der Waals surface area contributed by atoms with Gasteiger partial charge in [-0.15, -0.1) is 0 Å². The molecule has 5 aliphatic rings. The number of fused-ring (bicyclic) bond motifs is 5. The number of aryl methyl sites for hydroxylation is 2. The molecule has 15 nitrogen and oxygen atoms in total. The van der Waals surface area contributed by atoms with E-state index >= 15 is 0 Å². The number of rotatable bonds is 10. The molecule has 4 N–H and O–H groups in total. The number of aromatic nitrogens is 4. The van der Waals surface area contributed by atoms with Gasteiger partial charge in [-0.05, 0) is 121 Å². The molecule has 1 saturated carbocycles. The molecule has 2 bridgehead atoms. The second kappa shape index (κ2) is 17.0. The number of ether oxygens (including phenoxy) is 3. The molecule has 2 aromatic carbocycles. The fourth-order valence-corrected chi connectivity index (χ4v) is 10.6. The van der Waals surface area contributed by atoms with E-state index in [1.165, 1.54) is 36.5 Å². The number of nitrogens with one attached hydrogen (secondary N) is 4. The van der Waals surface area contributed by atoms with Crippen molar-refractivity contribution in [1.82, 2.24) is 40.4 Å². The third-order valence-corrected chi connectivity index (χ3v) is 13.8. The van der Waals surface area contributed by atoms with Crippen molar-refractivity contribution in [1.29, 1.82) is 0 Å². The lowest BCUT2D eigenvalue weighted by atomic mass is 9.83. The van der Waals surface area contributed by atoms with Crippen LogP contribution in [0.2, 0.25) is 0 Å². The third-order valence-electron chi connectivity index (χ3n) is 13.8. The van der Waals surface area contributed by atoms with E-state index in [1.807, 2.05) is 36.0 Å². The number of imidazole rings is 2. The highest BCUT2D eigenvalue weighted by molar-refractivity contribution is 5.88. The lowest BCUT2D eigenvalue weighted by Gasteiger charge is -2.39. The summed E-state index contributed by atoms with van der Waals surface area (Å²) in [5, 5.41) is 5.60. The largest absolute Gasteiger partial charge is 0.453 e. The van der Waals surface area contributed by atoms with Crippen LogP contribution in [0.4, 0.5) is 9.59 Å². The summed E-state index contributed by atoms with van der Waals surface area (Å²) in [6.07, 6.45) is 10.3. The second-order valence-corrected chi connectivity index (χ2v) is 17.6. The summed E-state index contributed by atoms with van der Waals surface area (Å²) >= 11 is 0.